The molecule has 0 atom stereocenters. The maximum absolute atomic E-state index is 15.9. The Hall–Kier alpha value is -4.93. The molecule has 0 aliphatic heterocycles. The van der Waals surface area contributed by atoms with Crippen molar-refractivity contribution in [2.24, 2.45) is 5.92 Å². The van der Waals surface area contributed by atoms with E-state index >= 15 is 4.39 Å². The smallest absolute Gasteiger partial charge is 0.227 e. The third kappa shape index (κ3) is 3.32. The monoisotopic (exact) mass is 480 g/mol. The van der Waals surface area contributed by atoms with Crippen LogP contribution in [0.4, 0.5) is 10.1 Å². The summed E-state index contributed by atoms with van der Waals surface area (Å²) >= 11 is 0. The van der Waals surface area contributed by atoms with Gasteiger partial charge in [0.1, 0.15) is 17.0 Å². The molecule has 0 bridgehead atoms. The zero-order valence-electron chi connectivity index (χ0n) is 18.6. The first-order chi connectivity index (χ1) is 17.7. The first-order valence-corrected chi connectivity index (χ1v) is 11.3. The molecule has 1 amide bonds. The van der Waals surface area contributed by atoms with Crippen LogP contribution in [0.2, 0.25) is 0 Å². The van der Waals surface area contributed by atoms with Crippen molar-refractivity contribution in [1.29, 1.82) is 0 Å². The van der Waals surface area contributed by atoms with E-state index in [9.17, 15) is 4.79 Å². The van der Waals surface area contributed by atoms with Gasteiger partial charge >= 0.3 is 0 Å². The number of halogens is 1. The number of amides is 1. The third-order valence-corrected chi connectivity index (χ3v) is 6.23. The summed E-state index contributed by atoms with van der Waals surface area (Å²) in [6, 6.07) is 5.35. The zero-order chi connectivity index (χ0) is 24.2. The Bertz CT molecular complexity index is 1770. The van der Waals surface area contributed by atoms with Gasteiger partial charge in [0.05, 0.1) is 29.8 Å². The average molecular weight is 480 g/mol. The Balaban J connectivity index is 1.32. The molecular weight excluding hydrogens is 463 g/mol. The predicted molar refractivity (Wildman–Crippen MR) is 129 cm³/mol. The highest BCUT2D eigenvalue weighted by atomic mass is 19.1. The molecule has 36 heavy (non-hydrogen) atoms. The Kier molecular flexibility index (Phi) is 4.43. The summed E-state index contributed by atoms with van der Waals surface area (Å²) < 4.78 is 21.1. The van der Waals surface area contributed by atoms with Gasteiger partial charge in [0.15, 0.2) is 17.1 Å². The first-order valence-electron chi connectivity index (χ1n) is 11.3. The first kappa shape index (κ1) is 20.4. The summed E-state index contributed by atoms with van der Waals surface area (Å²) in [7, 11) is 0. The molecule has 0 unspecified atom stereocenters. The normalized spacial score (nSPS) is 13.5. The van der Waals surface area contributed by atoms with Crippen LogP contribution in [0.15, 0.2) is 59.9 Å². The van der Waals surface area contributed by atoms with Crippen molar-refractivity contribution in [2.75, 3.05) is 5.32 Å². The number of nitrogens with one attached hydrogen (secondary N) is 3. The number of rotatable bonds is 5. The lowest BCUT2D eigenvalue weighted by Gasteiger charge is -2.08. The lowest BCUT2D eigenvalue weighted by molar-refractivity contribution is -0.117. The van der Waals surface area contributed by atoms with Gasteiger partial charge in [-0.05, 0) is 31.0 Å². The van der Waals surface area contributed by atoms with Crippen molar-refractivity contribution in [3.05, 3.63) is 61.3 Å². The second-order valence-corrected chi connectivity index (χ2v) is 8.66. The minimum absolute atomic E-state index is 0.0456. The van der Waals surface area contributed by atoms with Crippen molar-refractivity contribution in [3.63, 3.8) is 0 Å². The number of carbonyl (C=O) groups excluding carboxylic acids is 1. The van der Waals surface area contributed by atoms with E-state index in [1.165, 1.54) is 18.6 Å². The number of nitrogens with zero attached hydrogens (tertiary/aromatic N) is 5. The molecular formula is C25H17FN8O2. The van der Waals surface area contributed by atoms with Crippen LogP contribution in [-0.2, 0) is 4.79 Å². The molecule has 11 heteroatoms. The summed E-state index contributed by atoms with van der Waals surface area (Å²) in [4.78, 5) is 32.9. The van der Waals surface area contributed by atoms with E-state index < -0.39 is 5.82 Å². The van der Waals surface area contributed by atoms with E-state index in [-0.39, 0.29) is 34.1 Å². The summed E-state index contributed by atoms with van der Waals surface area (Å²) in [6.07, 6.45) is 11.1. The van der Waals surface area contributed by atoms with Crippen LogP contribution < -0.4 is 5.32 Å². The van der Waals surface area contributed by atoms with Crippen molar-refractivity contribution in [3.8, 4) is 33.8 Å². The van der Waals surface area contributed by atoms with Gasteiger partial charge in [0, 0.05) is 46.8 Å². The summed E-state index contributed by atoms with van der Waals surface area (Å²) in [6.45, 7) is 0. The molecule has 1 aliphatic carbocycles. The van der Waals surface area contributed by atoms with E-state index in [0.29, 0.717) is 28.2 Å². The molecule has 0 spiro atoms. The molecule has 6 heterocycles. The fourth-order valence-corrected chi connectivity index (χ4v) is 4.25. The van der Waals surface area contributed by atoms with E-state index in [0.717, 1.165) is 24.0 Å². The fourth-order valence-electron chi connectivity index (χ4n) is 4.25. The number of imidazole rings is 1. The molecule has 10 nitrogen and oxygen atoms in total. The van der Waals surface area contributed by atoms with Gasteiger partial charge in [0.2, 0.25) is 5.91 Å². The maximum Gasteiger partial charge on any atom is 0.227 e. The van der Waals surface area contributed by atoms with E-state index in [4.69, 9.17) is 4.42 Å². The molecule has 0 aromatic carbocycles. The lowest BCUT2D eigenvalue weighted by Crippen LogP contribution is -2.13. The zero-order valence-corrected chi connectivity index (χ0v) is 18.6. The van der Waals surface area contributed by atoms with E-state index in [2.05, 4.69) is 40.4 Å². The number of hydrogen-bond acceptors (Lipinski definition) is 7. The molecule has 0 saturated heterocycles. The van der Waals surface area contributed by atoms with Gasteiger partial charge in [-0.25, -0.2) is 19.3 Å². The molecule has 1 fully saturated rings. The number of fused-ring (bicyclic) bond motifs is 2. The minimum Gasteiger partial charge on any atom is -0.472 e. The second kappa shape index (κ2) is 7.80. The number of anilines is 1. The van der Waals surface area contributed by atoms with Crippen LogP contribution in [0.5, 0.6) is 0 Å². The van der Waals surface area contributed by atoms with Gasteiger partial charge in [-0.3, -0.25) is 14.9 Å². The van der Waals surface area contributed by atoms with Crippen LogP contribution in [-0.4, -0.2) is 41.0 Å². The quantitative estimate of drug-likeness (QED) is 0.325. The van der Waals surface area contributed by atoms with Crippen LogP contribution in [0.1, 0.15) is 12.8 Å². The van der Waals surface area contributed by atoms with Gasteiger partial charge in [-0.2, -0.15) is 5.10 Å². The van der Waals surface area contributed by atoms with Gasteiger partial charge in [0.25, 0.3) is 0 Å². The predicted octanol–water partition coefficient (Wildman–Crippen LogP) is 4.71. The number of aromatic amines is 2. The molecule has 7 rings (SSSR count). The van der Waals surface area contributed by atoms with Crippen LogP contribution in [0, 0.1) is 11.7 Å². The van der Waals surface area contributed by atoms with E-state index in [1.807, 2.05) is 12.1 Å². The topological polar surface area (TPSA) is 138 Å². The lowest BCUT2D eigenvalue weighted by atomic mass is 10.1. The van der Waals surface area contributed by atoms with Crippen molar-refractivity contribution in [2.45, 2.75) is 12.8 Å². The summed E-state index contributed by atoms with van der Waals surface area (Å²) in [5.74, 6) is -0.182. The average Bonchev–Trinajstić information content (AvgIpc) is 3.27. The molecule has 0 radical (unpaired) electrons. The Morgan fingerprint density at radius 2 is 2.00 bits per heavy atom. The maximum atomic E-state index is 15.9. The summed E-state index contributed by atoms with van der Waals surface area (Å²) in [5.41, 5.74) is 4.59. The minimum atomic E-state index is -0.528. The van der Waals surface area contributed by atoms with Crippen molar-refractivity contribution < 1.29 is 13.6 Å². The second-order valence-electron chi connectivity index (χ2n) is 8.66. The van der Waals surface area contributed by atoms with E-state index in [1.54, 1.807) is 24.8 Å². The standard InChI is InChI=1S/C25H17FN8O2/c26-19-17(14-7-15(9-27-8-14)30-25(35)12-1-2-12)10-29-22-18(19)21(33-34-22)24-31-20-16(13-4-6-36-11-13)3-5-28-23(20)32-24/h3-12H,1-2H2,(H,30,35)(H,28,31,32)(H,29,33,34). The van der Waals surface area contributed by atoms with Crippen molar-refractivity contribution in [1.82, 2.24) is 35.1 Å². The molecule has 1 saturated carbocycles. The van der Waals surface area contributed by atoms with Crippen molar-refractivity contribution >= 4 is 33.8 Å². The Morgan fingerprint density at radius 1 is 1.08 bits per heavy atom. The van der Waals surface area contributed by atoms with Gasteiger partial charge < -0.3 is 14.7 Å². The SMILES string of the molecule is O=C(Nc1cncc(-c2cnc3[nH]nc(-c4nc5c(-c6ccoc6)ccnc5[nH]4)c3c2F)c1)C1CC1. The largest absolute Gasteiger partial charge is 0.472 e. The third-order valence-electron chi connectivity index (χ3n) is 6.23. The fraction of sp³-hybridized carbons (Fsp3) is 0.120. The highest BCUT2D eigenvalue weighted by molar-refractivity contribution is 5.97. The number of H-pyrrole nitrogens is 2. The van der Waals surface area contributed by atoms with Crippen LogP contribution >= 0.6 is 0 Å². The van der Waals surface area contributed by atoms with Gasteiger partial charge in [-0.15, -0.1) is 0 Å². The highest BCUT2D eigenvalue weighted by Gasteiger charge is 2.29. The highest BCUT2D eigenvalue weighted by Crippen LogP contribution is 2.35. The molecule has 3 N–H and O–H groups in total. The molecule has 6 aromatic rings. The number of aromatic nitrogens is 7. The Labute approximate surface area is 202 Å². The molecule has 176 valence electrons. The van der Waals surface area contributed by atoms with Crippen LogP contribution in [0.25, 0.3) is 56.0 Å². The van der Waals surface area contributed by atoms with Gasteiger partial charge in [-0.1, -0.05) is 0 Å². The van der Waals surface area contributed by atoms with Crippen LogP contribution in [0.3, 0.4) is 0 Å². The number of hydrogen-bond donors (Lipinski definition) is 3. The summed E-state index contributed by atoms with van der Waals surface area (Å²) in [5, 5.41) is 10.1. The molecule has 1 aliphatic rings. The number of carbonyl (C=O) groups is 1. The number of pyridine rings is 3. The molecule has 6 aromatic heterocycles. The Morgan fingerprint density at radius 3 is 2.83 bits per heavy atom. The number of furan rings is 1.